The number of nitrogens with one attached hydrogen (secondary N) is 2. The second kappa shape index (κ2) is 8.25. The van der Waals surface area contributed by atoms with E-state index in [0.29, 0.717) is 18.2 Å². The molecule has 0 unspecified atom stereocenters. The van der Waals surface area contributed by atoms with Crippen molar-refractivity contribution in [2.24, 2.45) is 5.92 Å². The summed E-state index contributed by atoms with van der Waals surface area (Å²) in [7, 11) is -3.65. The zero-order chi connectivity index (χ0) is 20.4. The summed E-state index contributed by atoms with van der Waals surface area (Å²) in [6, 6.07) is 13.6. The molecule has 0 atom stereocenters. The minimum atomic E-state index is -3.65. The summed E-state index contributed by atoms with van der Waals surface area (Å²) in [6.45, 7) is 4.80. The summed E-state index contributed by atoms with van der Waals surface area (Å²) in [5.74, 6) is 0.465. The van der Waals surface area contributed by atoms with Crippen LogP contribution in [0.2, 0.25) is 0 Å². The van der Waals surface area contributed by atoms with Crippen molar-refractivity contribution in [1.29, 1.82) is 0 Å². The van der Waals surface area contributed by atoms with Crippen molar-refractivity contribution in [3.05, 3.63) is 58.6 Å². The summed E-state index contributed by atoms with van der Waals surface area (Å²) in [5, 5.41) is 3.05. The molecule has 2 aromatic carbocycles. The van der Waals surface area contributed by atoms with E-state index in [0.717, 1.165) is 29.3 Å². The van der Waals surface area contributed by atoms with Gasteiger partial charge in [0, 0.05) is 16.7 Å². The number of anilines is 1. The number of rotatable bonds is 7. The maximum Gasteiger partial charge on any atom is 0.261 e. The van der Waals surface area contributed by atoms with Gasteiger partial charge in [-0.15, -0.1) is 0 Å². The van der Waals surface area contributed by atoms with Crippen molar-refractivity contribution in [3.8, 4) is 0 Å². The highest BCUT2D eigenvalue weighted by atomic mass is 79.9. The molecule has 0 radical (unpaired) electrons. The molecule has 1 amide bonds. The Hall–Kier alpha value is -1.86. The molecule has 1 aliphatic rings. The van der Waals surface area contributed by atoms with Crippen molar-refractivity contribution in [1.82, 2.24) is 5.32 Å². The third-order valence-corrected chi connectivity index (χ3v) is 7.05. The Morgan fingerprint density at radius 1 is 1.07 bits per heavy atom. The first kappa shape index (κ1) is 20.9. The zero-order valence-corrected chi connectivity index (χ0v) is 18.4. The molecule has 0 aromatic heterocycles. The summed E-state index contributed by atoms with van der Waals surface area (Å²) in [4.78, 5) is 12.9. The van der Waals surface area contributed by atoms with Gasteiger partial charge in [-0.3, -0.25) is 9.52 Å². The lowest BCUT2D eigenvalue weighted by atomic mass is 9.63. The van der Waals surface area contributed by atoms with Gasteiger partial charge in [0.15, 0.2) is 0 Å². The molecule has 0 bridgehead atoms. The number of carbonyl (C=O) groups is 1. The second-order valence-corrected chi connectivity index (χ2v) is 10.3. The second-order valence-electron chi connectivity index (χ2n) is 7.68. The normalized spacial score (nSPS) is 15.7. The number of halogens is 1. The molecule has 1 aliphatic carbocycles. The predicted molar refractivity (Wildman–Crippen MR) is 115 cm³/mol. The molecular weight excluding hydrogens is 440 g/mol. The molecule has 5 nitrogen and oxygen atoms in total. The number of carbonyl (C=O) groups excluding carboxylic acids is 1. The van der Waals surface area contributed by atoms with Gasteiger partial charge in [0.1, 0.15) is 0 Å². The Morgan fingerprint density at radius 3 is 2.18 bits per heavy atom. The van der Waals surface area contributed by atoms with Crippen molar-refractivity contribution in [2.75, 3.05) is 11.3 Å². The Morgan fingerprint density at radius 2 is 1.68 bits per heavy atom. The highest BCUT2D eigenvalue weighted by Gasteiger charge is 2.45. The molecule has 7 heteroatoms. The van der Waals surface area contributed by atoms with Gasteiger partial charge in [0.25, 0.3) is 10.0 Å². The van der Waals surface area contributed by atoms with Gasteiger partial charge in [-0.2, -0.15) is 0 Å². The average molecular weight is 465 g/mol. The van der Waals surface area contributed by atoms with E-state index in [9.17, 15) is 13.2 Å². The smallest absolute Gasteiger partial charge is 0.261 e. The molecule has 2 aromatic rings. The maximum absolute atomic E-state index is 12.8. The summed E-state index contributed by atoms with van der Waals surface area (Å²) in [6.07, 6.45) is 2.66. The number of benzene rings is 2. The van der Waals surface area contributed by atoms with Gasteiger partial charge >= 0.3 is 0 Å². The SMILES string of the molecule is CC(C)CNC(=O)C1(c2ccc(NS(=O)(=O)c3ccc(Br)cc3)cc2)CCC1. The first-order valence-electron chi connectivity index (χ1n) is 9.40. The van der Waals surface area contributed by atoms with Crippen LogP contribution in [-0.2, 0) is 20.2 Å². The van der Waals surface area contributed by atoms with E-state index in [1.165, 1.54) is 0 Å². The Bertz CT molecular complexity index is 935. The molecule has 3 rings (SSSR count). The van der Waals surface area contributed by atoms with Crippen LogP contribution in [0.1, 0.15) is 38.7 Å². The number of sulfonamides is 1. The fourth-order valence-corrected chi connectivity index (χ4v) is 4.65. The van der Waals surface area contributed by atoms with Crippen LogP contribution in [-0.4, -0.2) is 20.9 Å². The summed E-state index contributed by atoms with van der Waals surface area (Å²) < 4.78 is 28.5. The number of hydrogen-bond acceptors (Lipinski definition) is 3. The molecule has 2 N–H and O–H groups in total. The third kappa shape index (κ3) is 4.41. The fourth-order valence-electron chi connectivity index (χ4n) is 3.33. The lowest BCUT2D eigenvalue weighted by molar-refractivity contribution is -0.130. The van der Waals surface area contributed by atoms with Gasteiger partial charge in [0.2, 0.25) is 5.91 Å². The summed E-state index contributed by atoms with van der Waals surface area (Å²) >= 11 is 3.30. The lowest BCUT2D eigenvalue weighted by Gasteiger charge is -2.41. The Kier molecular flexibility index (Phi) is 6.15. The molecular formula is C21H25BrN2O3S. The van der Waals surface area contributed by atoms with Crippen LogP contribution < -0.4 is 10.0 Å². The van der Waals surface area contributed by atoms with E-state index in [-0.39, 0.29) is 10.8 Å². The first-order valence-corrected chi connectivity index (χ1v) is 11.7. The minimum absolute atomic E-state index is 0.0654. The molecule has 0 heterocycles. The quantitative estimate of drug-likeness (QED) is 0.635. The van der Waals surface area contributed by atoms with Crippen LogP contribution in [0.15, 0.2) is 57.9 Å². The van der Waals surface area contributed by atoms with Crippen LogP contribution in [0.25, 0.3) is 0 Å². The number of hydrogen-bond donors (Lipinski definition) is 2. The highest BCUT2D eigenvalue weighted by molar-refractivity contribution is 9.10. The largest absolute Gasteiger partial charge is 0.355 e. The van der Waals surface area contributed by atoms with Crippen molar-refractivity contribution in [2.45, 2.75) is 43.4 Å². The molecule has 0 spiro atoms. The highest BCUT2D eigenvalue weighted by Crippen LogP contribution is 2.44. The van der Waals surface area contributed by atoms with Gasteiger partial charge in [-0.25, -0.2) is 8.42 Å². The molecule has 1 saturated carbocycles. The van der Waals surface area contributed by atoms with Gasteiger partial charge < -0.3 is 5.32 Å². The Labute approximate surface area is 175 Å². The van der Waals surface area contributed by atoms with Crippen LogP contribution >= 0.6 is 15.9 Å². The monoisotopic (exact) mass is 464 g/mol. The van der Waals surface area contributed by atoms with Crippen LogP contribution in [0.4, 0.5) is 5.69 Å². The molecule has 0 aliphatic heterocycles. The fraction of sp³-hybridized carbons (Fsp3) is 0.381. The standard InChI is InChI=1S/C21H25BrN2O3S/c1-15(2)14-23-20(25)21(12-3-13-21)16-4-8-18(9-5-16)24-28(26,27)19-10-6-17(22)7-11-19/h4-11,15,24H,3,12-14H2,1-2H3,(H,23,25). The van der Waals surface area contributed by atoms with Gasteiger partial charge in [0.05, 0.1) is 10.3 Å². The van der Waals surface area contributed by atoms with E-state index in [2.05, 4.69) is 39.8 Å². The minimum Gasteiger partial charge on any atom is -0.355 e. The third-order valence-electron chi connectivity index (χ3n) is 5.13. The van der Waals surface area contributed by atoms with Crippen LogP contribution in [0.3, 0.4) is 0 Å². The van der Waals surface area contributed by atoms with Crippen LogP contribution in [0, 0.1) is 5.92 Å². The first-order chi connectivity index (χ1) is 13.2. The van der Waals surface area contributed by atoms with E-state index in [1.54, 1.807) is 36.4 Å². The van der Waals surface area contributed by atoms with E-state index < -0.39 is 15.4 Å². The average Bonchev–Trinajstić information content (AvgIpc) is 2.60. The molecule has 150 valence electrons. The topological polar surface area (TPSA) is 75.3 Å². The lowest BCUT2D eigenvalue weighted by Crippen LogP contribution is -2.49. The van der Waals surface area contributed by atoms with E-state index >= 15 is 0 Å². The Balaban J connectivity index is 1.75. The molecule has 0 saturated heterocycles. The van der Waals surface area contributed by atoms with Crippen molar-refractivity contribution < 1.29 is 13.2 Å². The molecule has 1 fully saturated rings. The van der Waals surface area contributed by atoms with Crippen molar-refractivity contribution in [3.63, 3.8) is 0 Å². The maximum atomic E-state index is 12.8. The van der Waals surface area contributed by atoms with Crippen molar-refractivity contribution >= 4 is 37.5 Å². The van der Waals surface area contributed by atoms with Gasteiger partial charge in [-0.05, 0) is 60.7 Å². The van der Waals surface area contributed by atoms with E-state index in [1.807, 2.05) is 12.1 Å². The summed E-state index contributed by atoms with van der Waals surface area (Å²) in [5.41, 5.74) is 0.924. The van der Waals surface area contributed by atoms with Crippen LogP contribution in [0.5, 0.6) is 0 Å². The zero-order valence-electron chi connectivity index (χ0n) is 16.0. The van der Waals surface area contributed by atoms with Gasteiger partial charge in [-0.1, -0.05) is 48.3 Å². The van der Waals surface area contributed by atoms with E-state index in [4.69, 9.17) is 0 Å². The molecule has 28 heavy (non-hydrogen) atoms. The predicted octanol–water partition coefficient (Wildman–Crippen LogP) is 4.44. The number of amides is 1.